The van der Waals surface area contributed by atoms with Crippen LogP contribution in [0.15, 0.2) is 24.3 Å². The molecule has 3 nitrogen and oxygen atoms in total. The Kier molecular flexibility index (Phi) is 7.35. The second kappa shape index (κ2) is 8.55. The number of rotatable bonds is 4. The van der Waals surface area contributed by atoms with Gasteiger partial charge in [0.1, 0.15) is 0 Å². The van der Waals surface area contributed by atoms with Gasteiger partial charge in [-0.1, -0.05) is 25.1 Å². The third-order valence-corrected chi connectivity index (χ3v) is 3.98. The van der Waals surface area contributed by atoms with Gasteiger partial charge in [0.15, 0.2) is 0 Å². The molecule has 130 valence electrons. The van der Waals surface area contributed by atoms with Crippen molar-refractivity contribution < 1.29 is 18.0 Å². The van der Waals surface area contributed by atoms with Crippen LogP contribution >= 0.6 is 12.4 Å². The van der Waals surface area contributed by atoms with E-state index in [1.54, 1.807) is 6.07 Å². The third kappa shape index (κ3) is 5.39. The number of halogens is 4. The largest absolute Gasteiger partial charge is 0.416 e. The molecule has 2 N–H and O–H groups in total. The fourth-order valence-electron chi connectivity index (χ4n) is 2.78. The summed E-state index contributed by atoms with van der Waals surface area (Å²) in [6.45, 7) is 3.46. The quantitative estimate of drug-likeness (QED) is 0.872. The summed E-state index contributed by atoms with van der Waals surface area (Å²) in [5.74, 6) is -0.750. The van der Waals surface area contributed by atoms with E-state index in [0.717, 1.165) is 31.5 Å². The first kappa shape index (κ1) is 19.8. The first-order valence-corrected chi connectivity index (χ1v) is 7.60. The number of hydrogen-bond acceptors (Lipinski definition) is 2. The van der Waals surface area contributed by atoms with Gasteiger partial charge in [-0.2, -0.15) is 13.2 Å². The summed E-state index contributed by atoms with van der Waals surface area (Å²) in [5, 5.41) is 6.15. The molecule has 0 radical (unpaired) electrons. The monoisotopic (exact) mass is 350 g/mol. The summed E-state index contributed by atoms with van der Waals surface area (Å²) in [6, 6.07) is 5.10. The standard InChI is InChI=1S/C16H21F3N2O.ClH/c1-2-14(15(22)21-13-7-4-8-20-10-13)11-5-3-6-12(9-11)16(17,18)19;/h3,5-6,9,13-14,20H,2,4,7-8,10H2,1H3,(H,21,22);1H. The van der Waals surface area contributed by atoms with E-state index in [1.165, 1.54) is 6.07 Å². The Morgan fingerprint density at radius 2 is 2.17 bits per heavy atom. The molecule has 0 aromatic heterocycles. The zero-order valence-corrected chi connectivity index (χ0v) is 13.8. The number of nitrogens with one attached hydrogen (secondary N) is 2. The van der Waals surface area contributed by atoms with Crippen LogP contribution in [0.5, 0.6) is 0 Å². The van der Waals surface area contributed by atoms with Gasteiger partial charge in [-0.25, -0.2) is 0 Å². The van der Waals surface area contributed by atoms with Crippen LogP contribution in [0.4, 0.5) is 13.2 Å². The molecule has 0 saturated carbocycles. The summed E-state index contributed by atoms with van der Waals surface area (Å²) < 4.78 is 38.4. The fraction of sp³-hybridized carbons (Fsp3) is 0.562. The number of alkyl halides is 3. The van der Waals surface area contributed by atoms with Crippen LogP contribution < -0.4 is 10.6 Å². The van der Waals surface area contributed by atoms with Crippen molar-refractivity contribution in [1.29, 1.82) is 0 Å². The topological polar surface area (TPSA) is 41.1 Å². The predicted octanol–water partition coefficient (Wildman–Crippen LogP) is 3.49. The molecule has 0 bridgehead atoms. The van der Waals surface area contributed by atoms with Gasteiger partial charge in [-0.05, 0) is 37.4 Å². The average Bonchev–Trinajstić information content (AvgIpc) is 2.48. The van der Waals surface area contributed by atoms with Gasteiger partial charge in [-0.15, -0.1) is 12.4 Å². The average molecular weight is 351 g/mol. The molecule has 1 aliphatic heterocycles. The van der Waals surface area contributed by atoms with Gasteiger partial charge in [0.2, 0.25) is 5.91 Å². The molecule has 1 heterocycles. The molecule has 1 amide bonds. The maximum Gasteiger partial charge on any atom is 0.416 e. The summed E-state index contributed by atoms with van der Waals surface area (Å²) in [6.07, 6.45) is -2.03. The van der Waals surface area contributed by atoms with Crippen LogP contribution in [0.1, 0.15) is 43.2 Å². The number of carbonyl (C=O) groups excluding carboxylic acids is 1. The van der Waals surface area contributed by atoms with Gasteiger partial charge in [0, 0.05) is 12.6 Å². The van der Waals surface area contributed by atoms with Crippen LogP contribution in [0.3, 0.4) is 0 Å². The maximum atomic E-state index is 12.8. The molecule has 2 rings (SSSR count). The Labute approximate surface area is 140 Å². The lowest BCUT2D eigenvalue weighted by molar-refractivity contribution is -0.137. The van der Waals surface area contributed by atoms with E-state index in [-0.39, 0.29) is 24.4 Å². The Bertz CT molecular complexity index is 516. The minimum Gasteiger partial charge on any atom is -0.352 e. The van der Waals surface area contributed by atoms with Crippen LogP contribution in [-0.2, 0) is 11.0 Å². The summed E-state index contributed by atoms with van der Waals surface area (Å²) in [5.41, 5.74) is -0.297. The molecule has 2 unspecified atom stereocenters. The van der Waals surface area contributed by atoms with Gasteiger partial charge >= 0.3 is 6.18 Å². The first-order chi connectivity index (χ1) is 10.4. The van der Waals surface area contributed by atoms with Gasteiger partial charge < -0.3 is 10.6 Å². The molecule has 1 aromatic carbocycles. The van der Waals surface area contributed by atoms with Gasteiger partial charge in [-0.3, -0.25) is 4.79 Å². The second-order valence-electron chi connectivity index (χ2n) is 5.64. The zero-order chi connectivity index (χ0) is 16.2. The van der Waals surface area contributed by atoms with Gasteiger partial charge in [0.25, 0.3) is 0 Å². The fourth-order valence-corrected chi connectivity index (χ4v) is 2.78. The van der Waals surface area contributed by atoms with Crippen molar-refractivity contribution in [2.75, 3.05) is 13.1 Å². The zero-order valence-electron chi connectivity index (χ0n) is 13.0. The minimum atomic E-state index is -4.39. The third-order valence-electron chi connectivity index (χ3n) is 3.98. The number of hydrogen-bond donors (Lipinski definition) is 2. The van der Waals surface area contributed by atoms with Gasteiger partial charge in [0.05, 0.1) is 11.5 Å². The highest BCUT2D eigenvalue weighted by Crippen LogP contribution is 2.31. The maximum absolute atomic E-state index is 12.8. The summed E-state index contributed by atoms with van der Waals surface area (Å²) in [7, 11) is 0. The van der Waals surface area contributed by atoms with E-state index in [1.807, 2.05) is 6.92 Å². The van der Waals surface area contributed by atoms with Crippen molar-refractivity contribution in [1.82, 2.24) is 10.6 Å². The number of amides is 1. The van der Waals surface area contributed by atoms with E-state index in [9.17, 15) is 18.0 Å². The van der Waals surface area contributed by atoms with Crippen LogP contribution in [0.2, 0.25) is 0 Å². The van der Waals surface area contributed by atoms with Crippen molar-refractivity contribution in [2.24, 2.45) is 0 Å². The summed E-state index contributed by atoms with van der Waals surface area (Å²) >= 11 is 0. The molecule has 2 atom stereocenters. The van der Waals surface area contributed by atoms with Crippen molar-refractivity contribution in [3.8, 4) is 0 Å². The number of piperidine rings is 1. The molecular formula is C16H22ClF3N2O. The van der Waals surface area contributed by atoms with Crippen molar-refractivity contribution in [2.45, 2.75) is 44.3 Å². The molecular weight excluding hydrogens is 329 g/mol. The van der Waals surface area contributed by atoms with Crippen LogP contribution in [-0.4, -0.2) is 25.0 Å². The Morgan fingerprint density at radius 3 is 2.74 bits per heavy atom. The molecule has 1 fully saturated rings. The van der Waals surface area contributed by atoms with Crippen molar-refractivity contribution in [3.05, 3.63) is 35.4 Å². The van der Waals surface area contributed by atoms with E-state index < -0.39 is 17.7 Å². The molecule has 23 heavy (non-hydrogen) atoms. The van der Waals surface area contributed by atoms with E-state index in [2.05, 4.69) is 10.6 Å². The van der Waals surface area contributed by atoms with Crippen LogP contribution in [0.25, 0.3) is 0 Å². The molecule has 0 aliphatic carbocycles. The molecule has 1 saturated heterocycles. The van der Waals surface area contributed by atoms with Crippen molar-refractivity contribution >= 4 is 18.3 Å². The van der Waals surface area contributed by atoms with E-state index in [0.29, 0.717) is 18.5 Å². The Balaban J connectivity index is 0.00000264. The van der Waals surface area contributed by atoms with Crippen molar-refractivity contribution in [3.63, 3.8) is 0 Å². The lowest BCUT2D eigenvalue weighted by Gasteiger charge is -2.26. The highest BCUT2D eigenvalue weighted by molar-refractivity contribution is 5.85. The lowest BCUT2D eigenvalue weighted by atomic mass is 9.93. The molecule has 0 spiro atoms. The van der Waals surface area contributed by atoms with E-state index in [4.69, 9.17) is 0 Å². The molecule has 1 aromatic rings. The van der Waals surface area contributed by atoms with Crippen LogP contribution in [0, 0.1) is 0 Å². The Hall–Kier alpha value is -1.27. The number of carbonyl (C=O) groups is 1. The smallest absolute Gasteiger partial charge is 0.352 e. The van der Waals surface area contributed by atoms with E-state index >= 15 is 0 Å². The highest BCUT2D eigenvalue weighted by atomic mass is 35.5. The molecule has 1 aliphatic rings. The lowest BCUT2D eigenvalue weighted by Crippen LogP contribution is -2.47. The predicted molar refractivity (Wildman–Crippen MR) is 85.8 cm³/mol. The normalized spacial score (nSPS) is 19.6. The highest BCUT2D eigenvalue weighted by Gasteiger charge is 2.31. The molecule has 7 heteroatoms. The SMILES string of the molecule is CCC(C(=O)NC1CCCNC1)c1cccc(C(F)(F)F)c1.Cl. The first-order valence-electron chi connectivity index (χ1n) is 7.60. The second-order valence-corrected chi connectivity index (χ2v) is 5.64. The number of benzene rings is 1. The minimum absolute atomic E-state index is 0. The summed E-state index contributed by atoms with van der Waals surface area (Å²) in [4.78, 5) is 12.4. The Morgan fingerprint density at radius 1 is 1.43 bits per heavy atom.